The summed E-state index contributed by atoms with van der Waals surface area (Å²) >= 11 is 0. The third kappa shape index (κ3) is 7.27. The Labute approximate surface area is 159 Å². The Bertz CT molecular complexity index is 603. The number of para-hydroxylation sites is 1. The van der Waals surface area contributed by atoms with Crippen LogP contribution in [0.3, 0.4) is 0 Å². The Morgan fingerprint density at radius 1 is 1.31 bits per heavy atom. The van der Waals surface area contributed by atoms with Crippen LogP contribution in [-0.4, -0.2) is 66.1 Å². The van der Waals surface area contributed by atoms with Crippen molar-refractivity contribution in [3.63, 3.8) is 0 Å². The van der Waals surface area contributed by atoms with E-state index in [1.807, 2.05) is 11.9 Å². The molecule has 2 rings (SSSR count). The molecule has 0 saturated carbocycles. The number of carbonyl (C=O) groups excluding carboxylic acids is 1. The molecule has 1 saturated heterocycles. The van der Waals surface area contributed by atoms with Gasteiger partial charge in [0.1, 0.15) is 5.82 Å². The average Bonchev–Trinajstić information content (AvgIpc) is 2.80. The van der Waals surface area contributed by atoms with Gasteiger partial charge in [0, 0.05) is 19.0 Å². The van der Waals surface area contributed by atoms with Gasteiger partial charge in [-0.25, -0.2) is 4.39 Å². The van der Waals surface area contributed by atoms with Crippen molar-refractivity contribution >= 4 is 30.0 Å². The van der Waals surface area contributed by atoms with Gasteiger partial charge in [-0.15, -0.1) is 12.4 Å². The summed E-state index contributed by atoms with van der Waals surface area (Å²) in [5.74, 6) is -1.45. The Morgan fingerprint density at radius 3 is 2.73 bits per heavy atom. The summed E-state index contributed by atoms with van der Waals surface area (Å²) in [4.78, 5) is 26.9. The summed E-state index contributed by atoms with van der Waals surface area (Å²) in [6, 6.07) is 6.38. The number of benzene rings is 1. The molecule has 1 atom stereocenters. The fourth-order valence-corrected chi connectivity index (χ4v) is 3.18. The van der Waals surface area contributed by atoms with Gasteiger partial charge in [0.15, 0.2) is 0 Å². The fraction of sp³-hybridized carbons (Fsp3) is 0.556. The van der Waals surface area contributed by atoms with Crippen molar-refractivity contribution in [1.29, 1.82) is 0 Å². The lowest BCUT2D eigenvalue weighted by Crippen LogP contribution is -2.36. The predicted molar refractivity (Wildman–Crippen MR) is 101 cm³/mol. The highest BCUT2D eigenvalue weighted by molar-refractivity contribution is 5.90. The van der Waals surface area contributed by atoms with E-state index in [4.69, 9.17) is 5.11 Å². The topological polar surface area (TPSA) is 72.9 Å². The minimum Gasteiger partial charge on any atom is -0.480 e. The number of halogens is 2. The van der Waals surface area contributed by atoms with E-state index in [1.54, 1.807) is 18.2 Å². The number of carboxylic acid groups (broad SMARTS) is 1. The molecule has 1 heterocycles. The molecule has 0 radical (unpaired) electrons. The number of aliphatic carboxylic acids is 1. The van der Waals surface area contributed by atoms with E-state index in [9.17, 15) is 14.0 Å². The van der Waals surface area contributed by atoms with Crippen molar-refractivity contribution in [2.75, 3.05) is 38.5 Å². The van der Waals surface area contributed by atoms with Crippen LogP contribution in [0.15, 0.2) is 24.3 Å². The largest absolute Gasteiger partial charge is 0.480 e. The Morgan fingerprint density at radius 2 is 2.04 bits per heavy atom. The van der Waals surface area contributed by atoms with Gasteiger partial charge in [-0.1, -0.05) is 12.1 Å². The number of amides is 1. The second kappa shape index (κ2) is 11.1. The third-order valence-electron chi connectivity index (χ3n) is 4.60. The van der Waals surface area contributed by atoms with Gasteiger partial charge in [-0.2, -0.15) is 0 Å². The smallest absolute Gasteiger partial charge is 0.317 e. The first kappa shape index (κ1) is 22.3. The van der Waals surface area contributed by atoms with Gasteiger partial charge in [-0.05, 0) is 51.5 Å². The van der Waals surface area contributed by atoms with Crippen molar-refractivity contribution in [2.24, 2.45) is 0 Å². The van der Waals surface area contributed by atoms with Crippen molar-refractivity contribution in [3.05, 3.63) is 30.1 Å². The van der Waals surface area contributed by atoms with E-state index in [0.29, 0.717) is 13.0 Å². The van der Waals surface area contributed by atoms with Crippen LogP contribution in [0.2, 0.25) is 0 Å². The van der Waals surface area contributed by atoms with Gasteiger partial charge in [-0.3, -0.25) is 14.5 Å². The molecule has 26 heavy (non-hydrogen) atoms. The quantitative estimate of drug-likeness (QED) is 0.751. The molecule has 1 aromatic carbocycles. The van der Waals surface area contributed by atoms with Crippen LogP contribution >= 0.6 is 12.4 Å². The first-order valence-corrected chi connectivity index (χ1v) is 8.64. The Balaban J connectivity index is 0.00000338. The minimum atomic E-state index is -0.812. The maximum atomic E-state index is 13.5. The fourth-order valence-electron chi connectivity index (χ4n) is 3.18. The zero-order valence-corrected chi connectivity index (χ0v) is 15.8. The highest BCUT2D eigenvalue weighted by Crippen LogP contribution is 2.16. The van der Waals surface area contributed by atoms with Gasteiger partial charge < -0.3 is 15.3 Å². The Hall–Kier alpha value is -1.70. The molecule has 1 amide bonds. The van der Waals surface area contributed by atoms with Crippen molar-refractivity contribution in [3.8, 4) is 0 Å². The first-order chi connectivity index (χ1) is 12.0. The average molecular weight is 388 g/mol. The molecule has 0 bridgehead atoms. The first-order valence-electron chi connectivity index (χ1n) is 8.64. The highest BCUT2D eigenvalue weighted by Gasteiger charge is 2.22. The number of rotatable bonds is 7. The number of anilines is 1. The monoisotopic (exact) mass is 387 g/mol. The number of carbonyl (C=O) groups is 2. The normalized spacial score (nSPS) is 18.0. The lowest BCUT2D eigenvalue weighted by molar-refractivity contribution is -0.138. The van der Waals surface area contributed by atoms with Crippen LogP contribution in [0.4, 0.5) is 10.1 Å². The van der Waals surface area contributed by atoms with Crippen molar-refractivity contribution in [1.82, 2.24) is 9.80 Å². The summed E-state index contributed by atoms with van der Waals surface area (Å²) in [5, 5.41) is 11.5. The van der Waals surface area contributed by atoms with Crippen molar-refractivity contribution < 1.29 is 19.1 Å². The molecule has 1 aromatic rings. The number of nitrogens with zero attached hydrogens (tertiary/aromatic N) is 2. The number of hydrogen-bond donors (Lipinski definition) is 2. The number of carboxylic acids is 1. The molecule has 0 spiro atoms. The van der Waals surface area contributed by atoms with Crippen molar-refractivity contribution in [2.45, 2.75) is 31.7 Å². The van der Waals surface area contributed by atoms with E-state index in [1.165, 1.54) is 6.07 Å². The molecule has 0 aliphatic carbocycles. The third-order valence-corrected chi connectivity index (χ3v) is 4.60. The lowest BCUT2D eigenvalue weighted by atomic mass is 10.1. The Kier molecular flexibility index (Phi) is 9.54. The zero-order valence-electron chi connectivity index (χ0n) is 15.0. The standard InChI is InChI=1S/C18H26FN3O3.ClH/c1-21(13-18(24)25)14-5-4-10-22(11-8-14)12-9-17(23)20-16-7-3-2-6-15(16)19;/h2-3,6-7,14H,4-5,8-13H2,1H3,(H,20,23)(H,24,25);1H. The predicted octanol–water partition coefficient (Wildman–Crippen LogP) is 2.45. The van der Waals surface area contributed by atoms with E-state index >= 15 is 0 Å². The van der Waals surface area contributed by atoms with E-state index < -0.39 is 11.8 Å². The summed E-state index contributed by atoms with van der Waals surface area (Å²) in [6.45, 7) is 2.40. The minimum absolute atomic E-state index is 0. The number of likely N-dealkylation sites (tertiary alicyclic amines) is 1. The molecule has 8 heteroatoms. The molecule has 1 fully saturated rings. The molecule has 1 unspecified atom stereocenters. The number of hydrogen-bond acceptors (Lipinski definition) is 4. The lowest BCUT2D eigenvalue weighted by Gasteiger charge is -2.25. The van der Waals surface area contributed by atoms with E-state index in [-0.39, 0.29) is 36.6 Å². The molecule has 1 aliphatic heterocycles. The van der Waals surface area contributed by atoms with Gasteiger partial charge >= 0.3 is 5.97 Å². The van der Waals surface area contributed by atoms with Crippen LogP contribution in [0.5, 0.6) is 0 Å². The molecule has 1 aliphatic rings. The van der Waals surface area contributed by atoms with E-state index in [2.05, 4.69) is 10.2 Å². The number of nitrogens with one attached hydrogen (secondary N) is 1. The van der Waals surface area contributed by atoms with Gasteiger partial charge in [0.05, 0.1) is 12.2 Å². The number of likely N-dealkylation sites (N-methyl/N-ethyl adjacent to an activating group) is 1. The molecule has 6 nitrogen and oxygen atoms in total. The van der Waals surface area contributed by atoms with Crippen LogP contribution in [0.1, 0.15) is 25.7 Å². The summed E-state index contributed by atoms with van der Waals surface area (Å²) in [7, 11) is 1.84. The molecular formula is C18H27ClFN3O3. The second-order valence-electron chi connectivity index (χ2n) is 6.51. The van der Waals surface area contributed by atoms with Crippen LogP contribution in [0, 0.1) is 5.82 Å². The van der Waals surface area contributed by atoms with Gasteiger partial charge in [0.25, 0.3) is 0 Å². The van der Waals surface area contributed by atoms with Crippen LogP contribution in [-0.2, 0) is 9.59 Å². The SMILES string of the molecule is CN(CC(=O)O)C1CCCN(CCC(=O)Nc2ccccc2F)CC1.Cl. The van der Waals surface area contributed by atoms with E-state index in [0.717, 1.165) is 32.4 Å². The summed E-state index contributed by atoms with van der Waals surface area (Å²) < 4.78 is 13.5. The summed E-state index contributed by atoms with van der Waals surface area (Å²) in [6.07, 6.45) is 3.13. The van der Waals surface area contributed by atoms with Crippen LogP contribution in [0.25, 0.3) is 0 Å². The molecule has 146 valence electrons. The summed E-state index contributed by atoms with van der Waals surface area (Å²) in [5.41, 5.74) is 0.207. The van der Waals surface area contributed by atoms with Gasteiger partial charge in [0.2, 0.25) is 5.91 Å². The molecular weight excluding hydrogens is 361 g/mol. The maximum absolute atomic E-state index is 13.5. The second-order valence-corrected chi connectivity index (χ2v) is 6.51. The molecule has 0 aromatic heterocycles. The zero-order chi connectivity index (χ0) is 18.2. The molecule has 2 N–H and O–H groups in total. The van der Waals surface area contributed by atoms with Crippen LogP contribution < -0.4 is 5.32 Å². The highest BCUT2D eigenvalue weighted by atomic mass is 35.5. The maximum Gasteiger partial charge on any atom is 0.317 e.